The Labute approximate surface area is 173 Å². The van der Waals surface area contributed by atoms with Crippen LogP contribution in [0.15, 0.2) is 57.7 Å². The molecular weight excluding hydrogens is 384 g/mol. The number of nitrogens with one attached hydrogen (secondary N) is 1. The van der Waals surface area contributed by atoms with Crippen molar-refractivity contribution in [2.45, 2.75) is 19.8 Å². The van der Waals surface area contributed by atoms with Crippen molar-refractivity contribution in [1.29, 1.82) is 0 Å². The maximum atomic E-state index is 12.2. The van der Waals surface area contributed by atoms with E-state index in [1.807, 2.05) is 31.2 Å². The summed E-state index contributed by atoms with van der Waals surface area (Å²) in [4.78, 5) is 38.8. The number of fused-ring (bicyclic) bond motifs is 1. The van der Waals surface area contributed by atoms with E-state index in [1.165, 1.54) is 12.8 Å². The molecule has 1 saturated heterocycles. The lowest BCUT2D eigenvalue weighted by atomic mass is 10.1. The fourth-order valence-corrected chi connectivity index (χ4v) is 3.50. The molecule has 2 heterocycles. The highest BCUT2D eigenvalue weighted by Crippen LogP contribution is 2.22. The van der Waals surface area contributed by atoms with Gasteiger partial charge in [-0.05, 0) is 56.2 Å². The number of anilines is 2. The molecule has 1 fully saturated rings. The number of amides is 1. The van der Waals surface area contributed by atoms with Crippen LogP contribution in [0.4, 0.5) is 11.4 Å². The second kappa shape index (κ2) is 8.41. The van der Waals surface area contributed by atoms with Crippen LogP contribution < -0.4 is 15.6 Å². The van der Waals surface area contributed by atoms with Crippen LogP contribution in [0.2, 0.25) is 0 Å². The first kappa shape index (κ1) is 19.7. The van der Waals surface area contributed by atoms with Crippen molar-refractivity contribution in [3.8, 4) is 0 Å². The standard InChI is InChI=1S/C23H22N2O5/c1-15-4-9-20-18(12-15)19(26)13-21(30-20)23(28)29-14-22(27)24-16-5-7-17(8-6-16)25-10-2-3-11-25/h4-9,12-13H,2-3,10-11,14H2,1H3,(H,24,27). The highest BCUT2D eigenvalue weighted by molar-refractivity contribution is 5.95. The number of carbonyl (C=O) groups excluding carboxylic acids is 2. The molecule has 0 atom stereocenters. The average molecular weight is 406 g/mol. The first-order valence-electron chi connectivity index (χ1n) is 9.86. The summed E-state index contributed by atoms with van der Waals surface area (Å²) in [6, 6.07) is 13.7. The van der Waals surface area contributed by atoms with Gasteiger partial charge in [0.25, 0.3) is 5.91 Å². The monoisotopic (exact) mass is 406 g/mol. The van der Waals surface area contributed by atoms with E-state index in [0.29, 0.717) is 16.7 Å². The number of hydrogen-bond donors (Lipinski definition) is 1. The van der Waals surface area contributed by atoms with Gasteiger partial charge in [0.1, 0.15) is 5.58 Å². The Morgan fingerprint density at radius 3 is 2.53 bits per heavy atom. The third-order valence-electron chi connectivity index (χ3n) is 5.04. The SMILES string of the molecule is Cc1ccc2oc(C(=O)OCC(=O)Nc3ccc(N4CCCC4)cc3)cc(=O)c2c1. The summed E-state index contributed by atoms with van der Waals surface area (Å²) >= 11 is 0. The molecule has 1 amide bonds. The Hall–Kier alpha value is -3.61. The largest absolute Gasteiger partial charge is 0.450 e. The van der Waals surface area contributed by atoms with E-state index in [0.717, 1.165) is 30.4 Å². The predicted octanol–water partition coefficient (Wildman–Crippen LogP) is 3.50. The van der Waals surface area contributed by atoms with Crippen LogP contribution >= 0.6 is 0 Å². The number of esters is 1. The Morgan fingerprint density at radius 2 is 1.80 bits per heavy atom. The Morgan fingerprint density at radius 1 is 1.07 bits per heavy atom. The van der Waals surface area contributed by atoms with E-state index in [1.54, 1.807) is 18.2 Å². The number of rotatable bonds is 5. The third kappa shape index (κ3) is 4.35. The summed E-state index contributed by atoms with van der Waals surface area (Å²) in [6.45, 7) is 3.47. The van der Waals surface area contributed by atoms with Crippen molar-refractivity contribution in [2.75, 3.05) is 29.9 Å². The summed E-state index contributed by atoms with van der Waals surface area (Å²) < 4.78 is 10.5. The molecule has 30 heavy (non-hydrogen) atoms. The van der Waals surface area contributed by atoms with Gasteiger partial charge in [-0.1, -0.05) is 11.6 Å². The second-order valence-electron chi connectivity index (χ2n) is 7.34. The molecule has 0 aliphatic carbocycles. The summed E-state index contributed by atoms with van der Waals surface area (Å²) in [6.07, 6.45) is 2.39. The molecule has 0 saturated carbocycles. The molecule has 1 aromatic heterocycles. The molecule has 0 bridgehead atoms. The molecule has 2 aromatic carbocycles. The van der Waals surface area contributed by atoms with Crippen LogP contribution in [0, 0.1) is 6.92 Å². The molecule has 3 aromatic rings. The van der Waals surface area contributed by atoms with Gasteiger partial charge in [-0.3, -0.25) is 9.59 Å². The third-order valence-corrected chi connectivity index (χ3v) is 5.04. The predicted molar refractivity (Wildman–Crippen MR) is 114 cm³/mol. The van der Waals surface area contributed by atoms with Gasteiger partial charge >= 0.3 is 5.97 Å². The zero-order valence-corrected chi connectivity index (χ0v) is 16.6. The zero-order valence-electron chi connectivity index (χ0n) is 16.6. The van der Waals surface area contributed by atoms with E-state index in [2.05, 4.69) is 10.2 Å². The van der Waals surface area contributed by atoms with E-state index >= 15 is 0 Å². The van der Waals surface area contributed by atoms with Crippen LogP contribution in [0.3, 0.4) is 0 Å². The number of ether oxygens (including phenoxy) is 1. The summed E-state index contributed by atoms with van der Waals surface area (Å²) in [5, 5.41) is 3.08. The lowest BCUT2D eigenvalue weighted by Crippen LogP contribution is -2.21. The molecule has 0 radical (unpaired) electrons. The quantitative estimate of drug-likeness (QED) is 0.653. The molecule has 7 heteroatoms. The van der Waals surface area contributed by atoms with Crippen molar-refractivity contribution in [2.24, 2.45) is 0 Å². The molecule has 1 aliphatic rings. The van der Waals surface area contributed by atoms with Gasteiger partial charge in [0, 0.05) is 30.5 Å². The summed E-state index contributed by atoms with van der Waals surface area (Å²) in [5.41, 5.74) is 2.61. The van der Waals surface area contributed by atoms with Gasteiger partial charge in [-0.25, -0.2) is 4.79 Å². The van der Waals surface area contributed by atoms with Crippen molar-refractivity contribution >= 4 is 34.2 Å². The van der Waals surface area contributed by atoms with Crippen LogP contribution in [0.25, 0.3) is 11.0 Å². The molecular formula is C23H22N2O5. The lowest BCUT2D eigenvalue weighted by molar-refractivity contribution is -0.119. The molecule has 1 aliphatic heterocycles. The smallest absolute Gasteiger partial charge is 0.374 e. The van der Waals surface area contributed by atoms with Crippen molar-refractivity contribution in [3.63, 3.8) is 0 Å². The number of aryl methyl sites for hydroxylation is 1. The minimum Gasteiger partial charge on any atom is -0.450 e. The Balaban J connectivity index is 1.35. The Kier molecular flexibility index (Phi) is 5.52. The molecule has 0 unspecified atom stereocenters. The van der Waals surface area contributed by atoms with Gasteiger partial charge in [-0.15, -0.1) is 0 Å². The molecule has 0 spiro atoms. The number of hydrogen-bond acceptors (Lipinski definition) is 6. The average Bonchev–Trinajstić information content (AvgIpc) is 3.28. The van der Waals surface area contributed by atoms with Gasteiger partial charge in [0.2, 0.25) is 5.76 Å². The fraction of sp³-hybridized carbons (Fsp3) is 0.261. The first-order valence-corrected chi connectivity index (χ1v) is 9.86. The highest BCUT2D eigenvalue weighted by atomic mass is 16.5. The number of nitrogens with zero attached hydrogens (tertiary/aromatic N) is 1. The van der Waals surface area contributed by atoms with E-state index in [4.69, 9.17) is 9.15 Å². The van der Waals surface area contributed by atoms with Crippen molar-refractivity contribution < 1.29 is 18.7 Å². The second-order valence-corrected chi connectivity index (χ2v) is 7.34. The van der Waals surface area contributed by atoms with Crippen LogP contribution in [-0.4, -0.2) is 31.6 Å². The van der Waals surface area contributed by atoms with E-state index in [-0.39, 0.29) is 11.2 Å². The number of carbonyl (C=O) groups is 2. The zero-order chi connectivity index (χ0) is 21.1. The number of benzene rings is 2. The van der Waals surface area contributed by atoms with Gasteiger partial charge in [-0.2, -0.15) is 0 Å². The minimum atomic E-state index is -0.867. The van der Waals surface area contributed by atoms with Gasteiger partial charge < -0.3 is 19.4 Å². The molecule has 154 valence electrons. The topological polar surface area (TPSA) is 88.8 Å². The maximum Gasteiger partial charge on any atom is 0.374 e. The van der Waals surface area contributed by atoms with Crippen LogP contribution in [0.1, 0.15) is 29.0 Å². The van der Waals surface area contributed by atoms with Gasteiger partial charge in [0.15, 0.2) is 12.0 Å². The molecule has 4 rings (SSSR count). The summed E-state index contributed by atoms with van der Waals surface area (Å²) in [5.74, 6) is -1.58. The lowest BCUT2D eigenvalue weighted by Gasteiger charge is -2.17. The Bertz CT molecular complexity index is 1140. The highest BCUT2D eigenvalue weighted by Gasteiger charge is 2.16. The van der Waals surface area contributed by atoms with E-state index < -0.39 is 18.5 Å². The van der Waals surface area contributed by atoms with Crippen LogP contribution in [0.5, 0.6) is 0 Å². The van der Waals surface area contributed by atoms with Crippen LogP contribution in [-0.2, 0) is 9.53 Å². The van der Waals surface area contributed by atoms with Gasteiger partial charge in [0.05, 0.1) is 5.39 Å². The van der Waals surface area contributed by atoms with Crippen molar-refractivity contribution in [1.82, 2.24) is 0 Å². The van der Waals surface area contributed by atoms with E-state index in [9.17, 15) is 14.4 Å². The normalized spacial score (nSPS) is 13.4. The molecule has 7 nitrogen and oxygen atoms in total. The fourth-order valence-electron chi connectivity index (χ4n) is 3.50. The van der Waals surface area contributed by atoms with Crippen molar-refractivity contribution in [3.05, 3.63) is 70.1 Å². The summed E-state index contributed by atoms with van der Waals surface area (Å²) in [7, 11) is 0. The minimum absolute atomic E-state index is 0.237. The molecule has 1 N–H and O–H groups in total. The maximum absolute atomic E-state index is 12.2. The first-order chi connectivity index (χ1) is 14.5.